The molecule has 0 spiro atoms. The fraction of sp³-hybridized carbons (Fsp3) is 0.375. The fourth-order valence-corrected chi connectivity index (χ4v) is 6.30. The van der Waals surface area contributed by atoms with Gasteiger partial charge >= 0.3 is 0 Å². The lowest BCUT2D eigenvalue weighted by atomic mass is 9.82. The number of nitro benzene ring substituents is 1. The number of benzene rings is 2. The third kappa shape index (κ3) is 5.26. The Bertz CT molecular complexity index is 1430. The molecule has 2 aromatic carbocycles. The number of nitrogens with zero attached hydrogens (tertiary/aromatic N) is 2. The van der Waals surface area contributed by atoms with Crippen LogP contribution in [0.3, 0.4) is 0 Å². The summed E-state index contributed by atoms with van der Waals surface area (Å²) in [4.78, 5) is 23.2. The lowest BCUT2D eigenvalue weighted by molar-refractivity contribution is -0.387. The number of fused-ring (bicyclic) bond motifs is 1. The molecule has 186 valence electrons. The van der Waals surface area contributed by atoms with Crippen molar-refractivity contribution in [1.82, 2.24) is 9.29 Å². The highest BCUT2D eigenvalue weighted by molar-refractivity contribution is 7.89. The van der Waals surface area contributed by atoms with E-state index in [1.165, 1.54) is 41.0 Å². The van der Waals surface area contributed by atoms with Crippen LogP contribution in [0.25, 0.3) is 10.9 Å². The van der Waals surface area contributed by atoms with Crippen molar-refractivity contribution in [3.05, 3.63) is 80.4 Å². The molecule has 1 aromatic heterocycles. The molecule has 9 nitrogen and oxygen atoms in total. The number of pyridine rings is 1. The predicted molar refractivity (Wildman–Crippen MR) is 130 cm³/mol. The van der Waals surface area contributed by atoms with Crippen LogP contribution < -0.4 is 16.0 Å². The third-order valence-corrected chi connectivity index (χ3v) is 8.24. The first-order valence-electron chi connectivity index (χ1n) is 11.4. The second-order valence-corrected chi connectivity index (χ2v) is 10.7. The molecule has 0 aliphatic heterocycles. The molecule has 0 saturated heterocycles. The minimum atomic E-state index is -4.31. The van der Waals surface area contributed by atoms with Gasteiger partial charge in [-0.1, -0.05) is 12.1 Å². The number of aryl methyl sites for hydroxylation is 1. The van der Waals surface area contributed by atoms with Crippen molar-refractivity contribution < 1.29 is 17.7 Å². The number of nitrogens with one attached hydrogen (secondary N) is 1. The van der Waals surface area contributed by atoms with Gasteiger partial charge in [-0.2, -0.15) is 0 Å². The third-order valence-electron chi connectivity index (χ3n) is 6.70. The molecular formula is C24H27FN4O5S. The normalized spacial score (nSPS) is 19.5. The van der Waals surface area contributed by atoms with E-state index in [1.54, 1.807) is 13.0 Å². The van der Waals surface area contributed by atoms with Gasteiger partial charge in [0, 0.05) is 36.1 Å². The zero-order valence-corrected chi connectivity index (χ0v) is 20.0. The quantitative estimate of drug-likeness (QED) is 0.376. The molecule has 1 atom stereocenters. The Morgan fingerprint density at radius 2 is 1.86 bits per heavy atom. The molecule has 1 heterocycles. The van der Waals surface area contributed by atoms with Crippen LogP contribution in [0.4, 0.5) is 10.1 Å². The van der Waals surface area contributed by atoms with Crippen LogP contribution in [-0.4, -0.2) is 30.0 Å². The van der Waals surface area contributed by atoms with Crippen molar-refractivity contribution in [2.45, 2.75) is 56.1 Å². The van der Waals surface area contributed by atoms with Gasteiger partial charge in [0.05, 0.1) is 10.4 Å². The summed E-state index contributed by atoms with van der Waals surface area (Å²) in [6, 6.07) is 9.94. The van der Waals surface area contributed by atoms with Crippen LogP contribution in [0.1, 0.15) is 31.2 Å². The van der Waals surface area contributed by atoms with Crippen molar-refractivity contribution in [3.63, 3.8) is 0 Å². The minimum Gasteiger partial charge on any atom is -0.328 e. The molecule has 35 heavy (non-hydrogen) atoms. The Morgan fingerprint density at radius 1 is 1.17 bits per heavy atom. The smallest absolute Gasteiger partial charge is 0.289 e. The van der Waals surface area contributed by atoms with E-state index in [0.29, 0.717) is 42.1 Å². The van der Waals surface area contributed by atoms with Gasteiger partial charge in [-0.25, -0.2) is 17.5 Å². The topological polar surface area (TPSA) is 137 Å². The number of halogens is 1. The maximum Gasteiger partial charge on any atom is 0.289 e. The van der Waals surface area contributed by atoms with Crippen molar-refractivity contribution in [2.24, 2.45) is 11.7 Å². The molecule has 1 fully saturated rings. The van der Waals surface area contributed by atoms with Crippen molar-refractivity contribution in [3.8, 4) is 0 Å². The Kier molecular flexibility index (Phi) is 7.02. The molecule has 3 N–H and O–H groups in total. The molecule has 4 rings (SSSR count). The molecule has 11 heteroatoms. The molecule has 1 aliphatic rings. The minimum absolute atomic E-state index is 0.00995. The number of aromatic nitrogens is 1. The number of nitrogens with two attached hydrogens (primary N) is 1. The summed E-state index contributed by atoms with van der Waals surface area (Å²) >= 11 is 0. The van der Waals surface area contributed by atoms with E-state index in [1.807, 2.05) is 0 Å². The highest BCUT2D eigenvalue weighted by Gasteiger charge is 2.33. The van der Waals surface area contributed by atoms with Crippen molar-refractivity contribution in [1.29, 1.82) is 0 Å². The Balaban J connectivity index is 1.78. The first-order valence-corrected chi connectivity index (χ1v) is 12.9. The van der Waals surface area contributed by atoms with Gasteiger partial charge in [-0.05, 0) is 68.4 Å². The molecule has 1 saturated carbocycles. The lowest BCUT2D eigenvalue weighted by Crippen LogP contribution is -2.46. The average Bonchev–Trinajstić information content (AvgIpc) is 2.81. The van der Waals surface area contributed by atoms with Gasteiger partial charge in [-0.3, -0.25) is 14.9 Å². The van der Waals surface area contributed by atoms with Gasteiger partial charge in [0.15, 0.2) is 4.90 Å². The molecule has 0 bridgehead atoms. The first-order chi connectivity index (χ1) is 16.6. The summed E-state index contributed by atoms with van der Waals surface area (Å²) < 4.78 is 44.8. The number of hydrogen-bond acceptors (Lipinski definition) is 6. The highest BCUT2D eigenvalue weighted by atomic mass is 32.2. The van der Waals surface area contributed by atoms with Gasteiger partial charge in [0.2, 0.25) is 10.0 Å². The molecule has 1 aliphatic carbocycles. The number of sulfonamides is 1. The van der Waals surface area contributed by atoms with Crippen LogP contribution >= 0.6 is 0 Å². The first kappa shape index (κ1) is 25.0. The van der Waals surface area contributed by atoms with Crippen LogP contribution in [0.2, 0.25) is 0 Å². The number of hydrogen-bond donors (Lipinski definition) is 2. The number of para-hydroxylation sites is 1. The zero-order valence-electron chi connectivity index (χ0n) is 19.2. The van der Waals surface area contributed by atoms with Gasteiger partial charge < -0.3 is 10.3 Å². The van der Waals surface area contributed by atoms with Crippen LogP contribution in [0.5, 0.6) is 0 Å². The molecule has 0 radical (unpaired) electrons. The predicted octanol–water partition coefficient (Wildman–Crippen LogP) is 3.22. The molecule has 3 aromatic rings. The maximum absolute atomic E-state index is 14.1. The van der Waals surface area contributed by atoms with Crippen LogP contribution in [-0.2, 0) is 16.6 Å². The standard InChI is InChI=1S/C24H27FN4O5S/c1-15-12-24(30)28(22-13-17(25)8-11-19(15)22)14-20(16-6-9-18(26)10-7-16)27-35(33,34)23-5-3-2-4-21(23)29(31)32/h2-5,8,11-13,16,18,20,27H,6-7,9-10,14,26H2,1H3. The molecule has 0 amide bonds. The van der Waals surface area contributed by atoms with E-state index in [4.69, 9.17) is 5.73 Å². The molecular weight excluding hydrogens is 475 g/mol. The summed E-state index contributed by atoms with van der Waals surface area (Å²) in [5, 5.41) is 12.1. The summed E-state index contributed by atoms with van der Waals surface area (Å²) in [7, 11) is -4.31. The van der Waals surface area contributed by atoms with E-state index in [-0.39, 0.29) is 24.1 Å². The van der Waals surface area contributed by atoms with Gasteiger partial charge in [0.1, 0.15) is 5.82 Å². The highest BCUT2D eigenvalue weighted by Crippen LogP contribution is 2.30. The van der Waals surface area contributed by atoms with Crippen LogP contribution in [0, 0.1) is 28.8 Å². The Morgan fingerprint density at radius 3 is 2.54 bits per heavy atom. The zero-order chi connectivity index (χ0) is 25.3. The summed E-state index contributed by atoms with van der Waals surface area (Å²) in [5.74, 6) is -0.680. The summed E-state index contributed by atoms with van der Waals surface area (Å²) in [5.41, 5.74) is 6.16. The van der Waals surface area contributed by atoms with Gasteiger partial charge in [-0.15, -0.1) is 0 Å². The van der Waals surface area contributed by atoms with E-state index in [0.717, 1.165) is 6.07 Å². The Labute approximate surface area is 202 Å². The van der Waals surface area contributed by atoms with Crippen LogP contribution in [0.15, 0.2) is 58.2 Å². The second kappa shape index (κ2) is 9.84. The molecule has 1 unspecified atom stereocenters. The largest absolute Gasteiger partial charge is 0.328 e. The fourth-order valence-electron chi connectivity index (χ4n) is 4.83. The van der Waals surface area contributed by atoms with Gasteiger partial charge in [0.25, 0.3) is 11.2 Å². The van der Waals surface area contributed by atoms with Crippen molar-refractivity contribution >= 4 is 26.6 Å². The lowest BCUT2D eigenvalue weighted by Gasteiger charge is -2.33. The van der Waals surface area contributed by atoms with E-state index < -0.39 is 37.4 Å². The average molecular weight is 503 g/mol. The summed E-state index contributed by atoms with van der Waals surface area (Å²) in [6.45, 7) is 1.70. The van der Waals surface area contributed by atoms with E-state index in [9.17, 15) is 27.7 Å². The maximum atomic E-state index is 14.1. The summed E-state index contributed by atoms with van der Waals surface area (Å²) in [6.07, 6.45) is 2.62. The van der Waals surface area contributed by atoms with E-state index >= 15 is 0 Å². The number of rotatable bonds is 7. The van der Waals surface area contributed by atoms with Crippen molar-refractivity contribution in [2.75, 3.05) is 0 Å². The number of nitro groups is 1. The second-order valence-electron chi connectivity index (χ2n) is 9.07. The monoisotopic (exact) mass is 502 g/mol. The SMILES string of the molecule is Cc1cc(=O)n(CC(NS(=O)(=O)c2ccccc2[N+](=O)[O-])C2CCC(N)CC2)c2cc(F)ccc12. The Hall–Kier alpha value is -3.15. The van der Waals surface area contributed by atoms with E-state index in [2.05, 4.69) is 4.72 Å².